The molecule has 1 atom stereocenters. The highest BCUT2D eigenvalue weighted by Crippen LogP contribution is 2.25. The summed E-state index contributed by atoms with van der Waals surface area (Å²) in [5.74, 6) is 2.54. The van der Waals surface area contributed by atoms with Crippen molar-refractivity contribution in [1.82, 2.24) is 34.9 Å². The predicted molar refractivity (Wildman–Crippen MR) is 145 cm³/mol. The highest BCUT2D eigenvalue weighted by atomic mass is 35.5. The minimum atomic E-state index is -0.168. The van der Waals surface area contributed by atoms with Gasteiger partial charge in [0.25, 0.3) is 5.91 Å². The predicted octanol–water partition coefficient (Wildman–Crippen LogP) is 3.42. The van der Waals surface area contributed by atoms with Gasteiger partial charge in [-0.05, 0) is 26.0 Å². The molecule has 3 N–H and O–H groups in total. The van der Waals surface area contributed by atoms with E-state index >= 15 is 0 Å². The largest absolute Gasteiger partial charge is 0.354 e. The number of likely N-dealkylation sites (tertiary alicyclic amines) is 1. The number of rotatable bonds is 7. The first kappa shape index (κ1) is 25.5. The average molecular weight is 545 g/mol. The molecule has 0 bridgehead atoms. The SMILES string of the molecule is CCN1CCN(c2cc(Nc3cc(C)[nH]n3)nc(N[C@H]3CCN(C(=O)c4cnc(Cl)cc4Cl)C3)n2)CC1. The molecule has 0 saturated carbocycles. The van der Waals surface area contributed by atoms with Crippen molar-refractivity contribution >= 4 is 52.5 Å². The number of pyridine rings is 1. The number of carbonyl (C=O) groups is 1. The third kappa shape index (κ3) is 6.06. The van der Waals surface area contributed by atoms with Gasteiger partial charge < -0.3 is 25.3 Å². The van der Waals surface area contributed by atoms with Gasteiger partial charge in [0.2, 0.25) is 5.95 Å². The van der Waals surface area contributed by atoms with E-state index in [9.17, 15) is 4.79 Å². The molecule has 0 unspecified atom stereocenters. The number of likely N-dealkylation sites (N-methyl/N-ethyl adjacent to an activating group) is 1. The summed E-state index contributed by atoms with van der Waals surface area (Å²) < 4.78 is 0. The van der Waals surface area contributed by atoms with Crippen LogP contribution in [0.1, 0.15) is 29.4 Å². The van der Waals surface area contributed by atoms with E-state index in [1.165, 1.54) is 12.3 Å². The van der Waals surface area contributed by atoms with Crippen molar-refractivity contribution in [3.63, 3.8) is 0 Å². The Hall–Kier alpha value is -3.15. The van der Waals surface area contributed by atoms with E-state index in [1.807, 2.05) is 19.1 Å². The van der Waals surface area contributed by atoms with Crippen molar-refractivity contribution in [3.8, 4) is 0 Å². The van der Waals surface area contributed by atoms with Crippen LogP contribution in [-0.4, -0.2) is 92.7 Å². The lowest BCUT2D eigenvalue weighted by Crippen LogP contribution is -2.46. The van der Waals surface area contributed by atoms with Crippen LogP contribution in [0.15, 0.2) is 24.4 Å². The number of hydrogen-bond acceptors (Lipinski definition) is 9. The highest BCUT2D eigenvalue weighted by Gasteiger charge is 2.29. The van der Waals surface area contributed by atoms with E-state index in [0.717, 1.165) is 50.7 Å². The molecule has 5 heterocycles. The van der Waals surface area contributed by atoms with Gasteiger partial charge in [0.05, 0.1) is 10.6 Å². The van der Waals surface area contributed by atoms with Crippen molar-refractivity contribution in [2.24, 2.45) is 0 Å². The van der Waals surface area contributed by atoms with E-state index in [0.29, 0.717) is 41.3 Å². The molecule has 13 heteroatoms. The molecule has 11 nitrogen and oxygen atoms in total. The van der Waals surface area contributed by atoms with Gasteiger partial charge in [-0.3, -0.25) is 9.89 Å². The third-order valence-corrected chi connectivity index (χ3v) is 7.20. The standard InChI is InChI=1S/C24H30Cl2N10O/c1-3-34-6-8-35(9-7-34)22-12-20(29-21-10-15(2)32-33-21)30-24(31-22)28-16-4-5-36(14-16)23(37)17-13-27-19(26)11-18(17)25/h10-13,16H,3-9,14H2,1-2H3,(H3,28,29,30,31,32,33)/t16-/m0/s1. The van der Waals surface area contributed by atoms with Crippen molar-refractivity contribution in [2.75, 3.05) is 61.3 Å². The number of anilines is 4. The molecule has 0 radical (unpaired) electrons. The summed E-state index contributed by atoms with van der Waals surface area (Å²) in [4.78, 5) is 33.0. The minimum Gasteiger partial charge on any atom is -0.354 e. The molecule has 37 heavy (non-hydrogen) atoms. The molecule has 196 valence electrons. The Morgan fingerprint density at radius 1 is 1.11 bits per heavy atom. The quantitative estimate of drug-likeness (QED) is 0.384. The molecule has 0 aliphatic carbocycles. The number of halogens is 2. The zero-order chi connectivity index (χ0) is 25.9. The van der Waals surface area contributed by atoms with E-state index in [2.05, 4.69) is 42.5 Å². The van der Waals surface area contributed by atoms with Gasteiger partial charge in [-0.2, -0.15) is 15.1 Å². The van der Waals surface area contributed by atoms with Gasteiger partial charge in [0, 0.05) is 69.3 Å². The molecule has 5 rings (SSSR count). The normalized spacial score (nSPS) is 18.3. The maximum Gasteiger partial charge on any atom is 0.257 e. The number of aryl methyl sites for hydroxylation is 1. The third-order valence-electron chi connectivity index (χ3n) is 6.68. The summed E-state index contributed by atoms with van der Waals surface area (Å²) >= 11 is 12.1. The second-order valence-electron chi connectivity index (χ2n) is 9.29. The van der Waals surface area contributed by atoms with Crippen LogP contribution in [0.2, 0.25) is 10.2 Å². The topological polar surface area (TPSA) is 118 Å². The van der Waals surface area contributed by atoms with Gasteiger partial charge >= 0.3 is 0 Å². The maximum atomic E-state index is 13.0. The number of hydrogen-bond donors (Lipinski definition) is 3. The summed E-state index contributed by atoms with van der Waals surface area (Å²) in [5.41, 5.74) is 1.30. The number of H-pyrrole nitrogens is 1. The summed E-state index contributed by atoms with van der Waals surface area (Å²) in [6.07, 6.45) is 2.18. The fraction of sp³-hybridized carbons (Fsp3) is 0.458. The second-order valence-corrected chi connectivity index (χ2v) is 10.1. The smallest absolute Gasteiger partial charge is 0.257 e. The molecular weight excluding hydrogens is 515 g/mol. The Balaban J connectivity index is 1.31. The molecule has 0 aromatic carbocycles. The number of nitrogens with zero attached hydrogens (tertiary/aromatic N) is 7. The zero-order valence-corrected chi connectivity index (χ0v) is 22.4. The number of amides is 1. The Kier molecular flexibility index (Phi) is 7.63. The maximum absolute atomic E-state index is 13.0. The molecule has 2 saturated heterocycles. The van der Waals surface area contributed by atoms with Gasteiger partial charge in [-0.15, -0.1) is 0 Å². The molecule has 2 aliphatic rings. The Labute approximate surface area is 225 Å². The van der Waals surface area contributed by atoms with Crippen LogP contribution in [0, 0.1) is 6.92 Å². The van der Waals surface area contributed by atoms with Crippen LogP contribution < -0.4 is 15.5 Å². The van der Waals surface area contributed by atoms with Crippen LogP contribution in [-0.2, 0) is 0 Å². The lowest BCUT2D eigenvalue weighted by Gasteiger charge is -2.35. The van der Waals surface area contributed by atoms with Crippen LogP contribution in [0.4, 0.5) is 23.4 Å². The van der Waals surface area contributed by atoms with E-state index < -0.39 is 0 Å². The molecule has 3 aromatic heterocycles. The van der Waals surface area contributed by atoms with E-state index in [1.54, 1.807) is 4.90 Å². The summed E-state index contributed by atoms with van der Waals surface area (Å²) in [6.45, 7) is 10.0. The lowest BCUT2D eigenvalue weighted by atomic mass is 10.2. The van der Waals surface area contributed by atoms with Crippen molar-refractivity contribution < 1.29 is 4.79 Å². The zero-order valence-electron chi connectivity index (χ0n) is 20.8. The fourth-order valence-corrected chi connectivity index (χ4v) is 5.06. The molecule has 0 spiro atoms. The van der Waals surface area contributed by atoms with E-state index in [4.69, 9.17) is 33.2 Å². The summed E-state index contributed by atoms with van der Waals surface area (Å²) in [7, 11) is 0. The van der Waals surface area contributed by atoms with Gasteiger partial charge in [-0.1, -0.05) is 30.1 Å². The number of nitrogens with one attached hydrogen (secondary N) is 3. The van der Waals surface area contributed by atoms with Gasteiger partial charge in [-0.25, -0.2) is 4.98 Å². The Bertz CT molecular complexity index is 1260. The Morgan fingerprint density at radius 3 is 2.62 bits per heavy atom. The number of piperazine rings is 1. The van der Waals surface area contributed by atoms with Crippen LogP contribution in [0.3, 0.4) is 0 Å². The Morgan fingerprint density at radius 2 is 1.92 bits per heavy atom. The average Bonchev–Trinajstić information content (AvgIpc) is 3.52. The first-order valence-corrected chi connectivity index (χ1v) is 13.2. The monoisotopic (exact) mass is 544 g/mol. The molecule has 1 amide bonds. The first-order chi connectivity index (χ1) is 17.9. The lowest BCUT2D eigenvalue weighted by molar-refractivity contribution is 0.0791. The molecular formula is C24H30Cl2N10O. The van der Waals surface area contributed by atoms with Crippen molar-refractivity contribution in [3.05, 3.63) is 45.8 Å². The number of aromatic nitrogens is 5. The van der Waals surface area contributed by atoms with Gasteiger partial charge in [0.1, 0.15) is 16.8 Å². The molecule has 2 aliphatic heterocycles. The highest BCUT2D eigenvalue weighted by molar-refractivity contribution is 6.36. The summed E-state index contributed by atoms with van der Waals surface area (Å²) in [5, 5.41) is 14.5. The van der Waals surface area contributed by atoms with Crippen molar-refractivity contribution in [2.45, 2.75) is 26.3 Å². The van der Waals surface area contributed by atoms with Crippen LogP contribution >= 0.6 is 23.2 Å². The fourth-order valence-electron chi connectivity index (χ4n) is 4.61. The van der Waals surface area contributed by atoms with Crippen LogP contribution in [0.25, 0.3) is 0 Å². The van der Waals surface area contributed by atoms with Crippen molar-refractivity contribution in [1.29, 1.82) is 0 Å². The molecule has 2 fully saturated rings. The number of aromatic amines is 1. The molecule has 3 aromatic rings. The van der Waals surface area contributed by atoms with Gasteiger partial charge in [0.15, 0.2) is 5.82 Å². The minimum absolute atomic E-state index is 0.00403. The van der Waals surface area contributed by atoms with E-state index in [-0.39, 0.29) is 17.1 Å². The first-order valence-electron chi connectivity index (χ1n) is 12.4. The second kappa shape index (κ2) is 11.1. The summed E-state index contributed by atoms with van der Waals surface area (Å²) in [6, 6.07) is 5.36. The number of carbonyl (C=O) groups excluding carboxylic acids is 1. The van der Waals surface area contributed by atoms with Crippen LogP contribution in [0.5, 0.6) is 0 Å².